The Kier molecular flexibility index (Phi) is 6.29. The van der Waals surface area contributed by atoms with Gasteiger partial charge in [-0.1, -0.05) is 30.3 Å². The molecule has 1 unspecified atom stereocenters. The number of benzene rings is 1. The monoisotopic (exact) mass is 236 g/mol. The summed E-state index contributed by atoms with van der Waals surface area (Å²) in [6, 6.07) is 9.66. The van der Waals surface area contributed by atoms with Gasteiger partial charge in [0, 0.05) is 6.42 Å². The van der Waals surface area contributed by atoms with Crippen molar-refractivity contribution in [2.24, 2.45) is 5.73 Å². The zero-order valence-corrected chi connectivity index (χ0v) is 10.2. The third kappa shape index (κ3) is 6.04. The molecule has 0 aliphatic heterocycles. The highest BCUT2D eigenvalue weighted by Crippen LogP contribution is 2.04. The van der Waals surface area contributed by atoms with Gasteiger partial charge in [0.05, 0.1) is 6.17 Å². The van der Waals surface area contributed by atoms with E-state index in [9.17, 15) is 4.79 Å². The van der Waals surface area contributed by atoms with Crippen LogP contribution in [0.3, 0.4) is 0 Å². The van der Waals surface area contributed by atoms with Crippen molar-refractivity contribution in [3.8, 4) is 0 Å². The lowest BCUT2D eigenvalue weighted by Crippen LogP contribution is -2.34. The molecule has 0 spiro atoms. The fraction of sp³-hybridized carbons (Fsp3) is 0.462. The number of carbonyl (C=O) groups is 1. The summed E-state index contributed by atoms with van der Waals surface area (Å²) < 4.78 is 5.14. The van der Waals surface area contributed by atoms with Crippen LogP contribution in [0.25, 0.3) is 0 Å². The van der Waals surface area contributed by atoms with Crippen LogP contribution in [0.5, 0.6) is 0 Å². The highest BCUT2D eigenvalue weighted by molar-refractivity contribution is 5.69. The molecular formula is C13H20N2O2. The van der Waals surface area contributed by atoms with E-state index in [2.05, 4.69) is 5.32 Å². The molecule has 1 aromatic rings. The quantitative estimate of drug-likeness (QED) is 0.555. The fourth-order valence-electron chi connectivity index (χ4n) is 1.42. The second kappa shape index (κ2) is 7.81. The summed E-state index contributed by atoms with van der Waals surface area (Å²) in [5.41, 5.74) is 6.67. The van der Waals surface area contributed by atoms with Crippen LogP contribution in [0.4, 0.5) is 0 Å². The predicted octanol–water partition coefficient (Wildman–Crippen LogP) is 1.40. The Morgan fingerprint density at radius 1 is 1.41 bits per heavy atom. The third-order valence-corrected chi connectivity index (χ3v) is 2.51. The van der Waals surface area contributed by atoms with E-state index in [1.807, 2.05) is 30.3 Å². The van der Waals surface area contributed by atoms with Gasteiger partial charge in [-0.25, -0.2) is 0 Å². The van der Waals surface area contributed by atoms with Crippen molar-refractivity contribution in [3.05, 3.63) is 35.9 Å². The lowest BCUT2D eigenvalue weighted by atomic mass is 10.2. The molecule has 0 aliphatic carbocycles. The zero-order valence-electron chi connectivity index (χ0n) is 10.2. The molecule has 0 saturated heterocycles. The van der Waals surface area contributed by atoms with Crippen molar-refractivity contribution < 1.29 is 9.53 Å². The van der Waals surface area contributed by atoms with Gasteiger partial charge in [-0.05, 0) is 25.5 Å². The van der Waals surface area contributed by atoms with Crippen LogP contribution >= 0.6 is 0 Å². The van der Waals surface area contributed by atoms with E-state index in [-0.39, 0.29) is 12.1 Å². The molecule has 0 fully saturated rings. The molecule has 94 valence electrons. The fourth-order valence-corrected chi connectivity index (χ4v) is 1.42. The first kappa shape index (κ1) is 13.7. The lowest BCUT2D eigenvalue weighted by molar-refractivity contribution is -0.145. The molecule has 0 heterocycles. The number of esters is 1. The van der Waals surface area contributed by atoms with E-state index < -0.39 is 0 Å². The summed E-state index contributed by atoms with van der Waals surface area (Å²) in [5.74, 6) is -0.169. The van der Waals surface area contributed by atoms with Gasteiger partial charge in [0.1, 0.15) is 6.61 Å². The Bertz CT molecular complexity index is 327. The van der Waals surface area contributed by atoms with Crippen LogP contribution in [0.2, 0.25) is 0 Å². The highest BCUT2D eigenvalue weighted by atomic mass is 16.5. The van der Waals surface area contributed by atoms with Crippen molar-refractivity contribution in [2.75, 3.05) is 7.05 Å². The Morgan fingerprint density at radius 3 is 2.76 bits per heavy atom. The van der Waals surface area contributed by atoms with Crippen molar-refractivity contribution >= 4 is 5.97 Å². The Morgan fingerprint density at radius 2 is 2.12 bits per heavy atom. The van der Waals surface area contributed by atoms with Crippen LogP contribution in [0.15, 0.2) is 30.3 Å². The predicted molar refractivity (Wildman–Crippen MR) is 67.1 cm³/mol. The first-order valence-electron chi connectivity index (χ1n) is 5.84. The van der Waals surface area contributed by atoms with E-state index >= 15 is 0 Å². The van der Waals surface area contributed by atoms with Crippen molar-refractivity contribution in [1.29, 1.82) is 0 Å². The number of rotatable bonds is 7. The molecule has 1 aromatic carbocycles. The Labute approximate surface area is 102 Å². The van der Waals surface area contributed by atoms with Crippen LogP contribution in [-0.2, 0) is 16.1 Å². The number of nitrogens with one attached hydrogen (secondary N) is 1. The van der Waals surface area contributed by atoms with Crippen molar-refractivity contribution in [2.45, 2.75) is 32.0 Å². The maximum atomic E-state index is 11.4. The van der Waals surface area contributed by atoms with E-state index in [1.54, 1.807) is 7.05 Å². The first-order chi connectivity index (χ1) is 8.22. The molecule has 17 heavy (non-hydrogen) atoms. The molecule has 0 radical (unpaired) electrons. The molecule has 3 N–H and O–H groups in total. The molecule has 1 rings (SSSR count). The van der Waals surface area contributed by atoms with Gasteiger partial charge in [-0.15, -0.1) is 0 Å². The maximum absolute atomic E-state index is 11.4. The third-order valence-electron chi connectivity index (χ3n) is 2.51. The maximum Gasteiger partial charge on any atom is 0.306 e. The average molecular weight is 236 g/mol. The summed E-state index contributed by atoms with van der Waals surface area (Å²) in [4.78, 5) is 11.4. The molecule has 0 aliphatic rings. The smallest absolute Gasteiger partial charge is 0.306 e. The molecule has 0 aromatic heterocycles. The summed E-state index contributed by atoms with van der Waals surface area (Å²) in [6.07, 6.45) is 1.89. The molecule has 0 saturated carbocycles. The Hall–Kier alpha value is -1.39. The minimum atomic E-state index is -0.169. The normalized spacial score (nSPS) is 12.1. The topological polar surface area (TPSA) is 64.3 Å². The number of hydrogen-bond acceptors (Lipinski definition) is 4. The molecule has 4 nitrogen and oxygen atoms in total. The number of ether oxygens (including phenoxy) is 1. The minimum absolute atomic E-state index is 0.0445. The molecule has 1 atom stereocenters. The zero-order chi connectivity index (χ0) is 12.5. The Balaban J connectivity index is 2.13. The summed E-state index contributed by atoms with van der Waals surface area (Å²) in [6.45, 7) is 0.345. The van der Waals surface area contributed by atoms with Gasteiger partial charge < -0.3 is 15.8 Å². The average Bonchev–Trinajstić information content (AvgIpc) is 2.37. The van der Waals surface area contributed by atoms with Gasteiger partial charge in [0.15, 0.2) is 0 Å². The standard InChI is InChI=1S/C13H20N2O2/c1-15-12(14)8-5-9-13(16)17-10-11-6-3-2-4-7-11/h2-4,6-7,12,15H,5,8-10,14H2,1H3. The number of hydrogen-bond donors (Lipinski definition) is 2. The highest BCUT2D eigenvalue weighted by Gasteiger charge is 2.05. The van der Waals surface area contributed by atoms with Crippen LogP contribution in [-0.4, -0.2) is 19.2 Å². The largest absolute Gasteiger partial charge is 0.461 e. The van der Waals surface area contributed by atoms with Crippen molar-refractivity contribution in [3.63, 3.8) is 0 Å². The van der Waals surface area contributed by atoms with Crippen LogP contribution in [0.1, 0.15) is 24.8 Å². The SMILES string of the molecule is CNC(N)CCCC(=O)OCc1ccccc1. The van der Waals surface area contributed by atoms with Gasteiger partial charge in [-0.3, -0.25) is 4.79 Å². The second-order valence-corrected chi connectivity index (χ2v) is 3.93. The van der Waals surface area contributed by atoms with Gasteiger partial charge in [0.2, 0.25) is 0 Å². The minimum Gasteiger partial charge on any atom is -0.461 e. The van der Waals surface area contributed by atoms with Gasteiger partial charge >= 0.3 is 5.97 Å². The molecule has 0 amide bonds. The molecule has 0 bridgehead atoms. The van der Waals surface area contributed by atoms with Gasteiger partial charge in [0.25, 0.3) is 0 Å². The molecule has 4 heteroatoms. The molecular weight excluding hydrogens is 216 g/mol. The van der Waals surface area contributed by atoms with Gasteiger partial charge in [-0.2, -0.15) is 0 Å². The van der Waals surface area contributed by atoms with E-state index in [0.29, 0.717) is 13.0 Å². The first-order valence-corrected chi connectivity index (χ1v) is 5.84. The van der Waals surface area contributed by atoms with Crippen LogP contribution < -0.4 is 11.1 Å². The second-order valence-electron chi connectivity index (χ2n) is 3.93. The number of nitrogens with two attached hydrogens (primary N) is 1. The van der Waals surface area contributed by atoms with E-state index in [1.165, 1.54) is 0 Å². The number of carbonyl (C=O) groups excluding carboxylic acids is 1. The lowest BCUT2D eigenvalue weighted by Gasteiger charge is -2.09. The van der Waals surface area contributed by atoms with E-state index in [4.69, 9.17) is 10.5 Å². The summed E-state index contributed by atoms with van der Waals surface area (Å²) in [7, 11) is 1.80. The van der Waals surface area contributed by atoms with Crippen LogP contribution in [0, 0.1) is 0 Å². The van der Waals surface area contributed by atoms with E-state index in [0.717, 1.165) is 18.4 Å². The van der Waals surface area contributed by atoms with Crippen molar-refractivity contribution in [1.82, 2.24) is 5.32 Å². The summed E-state index contributed by atoms with van der Waals surface area (Å²) >= 11 is 0. The summed E-state index contributed by atoms with van der Waals surface area (Å²) in [5, 5.41) is 2.92.